The van der Waals surface area contributed by atoms with E-state index in [9.17, 15) is 4.79 Å². The van der Waals surface area contributed by atoms with Crippen LogP contribution in [-0.4, -0.2) is 41.2 Å². The van der Waals surface area contributed by atoms with Crippen molar-refractivity contribution in [1.29, 1.82) is 0 Å². The van der Waals surface area contributed by atoms with Gasteiger partial charge in [-0.15, -0.1) is 11.8 Å². The summed E-state index contributed by atoms with van der Waals surface area (Å²) in [4.78, 5) is 19.2. The molecule has 138 valence electrons. The molecule has 1 aliphatic heterocycles. The number of pyridine rings is 1. The number of carbonyl (C=O) groups excluding carboxylic acids is 1. The highest BCUT2D eigenvalue weighted by atomic mass is 32.2. The van der Waals surface area contributed by atoms with Gasteiger partial charge in [-0.25, -0.2) is 4.98 Å². The van der Waals surface area contributed by atoms with E-state index in [2.05, 4.69) is 34.3 Å². The third-order valence-corrected chi connectivity index (χ3v) is 5.60. The zero-order valence-electron chi connectivity index (χ0n) is 15.4. The highest BCUT2D eigenvalue weighted by molar-refractivity contribution is 7.99. The summed E-state index contributed by atoms with van der Waals surface area (Å²) >= 11 is 1.76. The van der Waals surface area contributed by atoms with E-state index in [1.807, 2.05) is 24.3 Å². The largest absolute Gasteiger partial charge is 0.348 e. The summed E-state index contributed by atoms with van der Waals surface area (Å²) in [6, 6.07) is 12.0. The first kappa shape index (κ1) is 18.9. The lowest BCUT2D eigenvalue weighted by molar-refractivity contribution is 0.0950. The SMILES string of the molecule is Cc1ccc(CNC(=O)c2ccc(SCCN3CCCCC3)nc2)cc1. The molecule has 0 spiro atoms. The quantitative estimate of drug-likeness (QED) is 0.752. The van der Waals surface area contributed by atoms with Gasteiger partial charge in [0.15, 0.2) is 0 Å². The number of aromatic nitrogens is 1. The molecule has 1 aliphatic rings. The smallest absolute Gasteiger partial charge is 0.253 e. The number of thioether (sulfide) groups is 1. The average Bonchev–Trinajstić information content (AvgIpc) is 2.69. The molecular formula is C21H27N3OS. The summed E-state index contributed by atoms with van der Waals surface area (Å²) in [6.07, 6.45) is 5.71. The molecule has 4 nitrogen and oxygen atoms in total. The summed E-state index contributed by atoms with van der Waals surface area (Å²) in [5, 5.41) is 3.93. The Labute approximate surface area is 160 Å². The molecule has 0 radical (unpaired) electrons. The summed E-state index contributed by atoms with van der Waals surface area (Å²) in [5.74, 6) is 0.967. The lowest BCUT2D eigenvalue weighted by Gasteiger charge is -2.25. The fraction of sp³-hybridized carbons (Fsp3) is 0.429. The molecule has 1 saturated heterocycles. The highest BCUT2D eigenvalue weighted by Crippen LogP contribution is 2.17. The van der Waals surface area contributed by atoms with Crippen molar-refractivity contribution in [3.63, 3.8) is 0 Å². The second-order valence-corrected chi connectivity index (χ2v) is 7.92. The van der Waals surface area contributed by atoms with Crippen LogP contribution in [0.1, 0.15) is 40.7 Å². The molecule has 1 N–H and O–H groups in total. The zero-order chi connectivity index (χ0) is 18.2. The summed E-state index contributed by atoms with van der Waals surface area (Å²) in [5.41, 5.74) is 2.93. The number of amides is 1. The van der Waals surface area contributed by atoms with E-state index in [1.165, 1.54) is 37.9 Å². The van der Waals surface area contributed by atoms with Gasteiger partial charge in [-0.2, -0.15) is 0 Å². The Morgan fingerprint density at radius 3 is 2.58 bits per heavy atom. The molecule has 1 aromatic heterocycles. The van der Waals surface area contributed by atoms with E-state index in [4.69, 9.17) is 0 Å². The van der Waals surface area contributed by atoms with Gasteiger partial charge in [-0.1, -0.05) is 36.2 Å². The summed E-state index contributed by atoms with van der Waals surface area (Å²) in [7, 11) is 0. The molecule has 0 unspecified atom stereocenters. The van der Waals surface area contributed by atoms with E-state index >= 15 is 0 Å². The predicted molar refractivity (Wildman–Crippen MR) is 108 cm³/mol. The molecule has 1 fully saturated rings. The number of piperidine rings is 1. The van der Waals surface area contributed by atoms with Crippen LogP contribution in [0.15, 0.2) is 47.6 Å². The third kappa shape index (κ3) is 5.85. The number of nitrogens with one attached hydrogen (secondary N) is 1. The maximum absolute atomic E-state index is 12.3. The van der Waals surface area contributed by atoms with Crippen LogP contribution in [0.5, 0.6) is 0 Å². The topological polar surface area (TPSA) is 45.2 Å². The van der Waals surface area contributed by atoms with Crippen molar-refractivity contribution in [3.8, 4) is 0 Å². The minimum Gasteiger partial charge on any atom is -0.348 e. The lowest BCUT2D eigenvalue weighted by atomic mass is 10.1. The maximum Gasteiger partial charge on any atom is 0.253 e. The second-order valence-electron chi connectivity index (χ2n) is 6.80. The number of hydrogen-bond acceptors (Lipinski definition) is 4. The first-order valence-electron chi connectivity index (χ1n) is 9.36. The van der Waals surface area contributed by atoms with Gasteiger partial charge in [0.2, 0.25) is 0 Å². The molecule has 1 amide bonds. The Kier molecular flexibility index (Phi) is 7.09. The van der Waals surface area contributed by atoms with Crippen LogP contribution in [0.3, 0.4) is 0 Å². The van der Waals surface area contributed by atoms with E-state index in [-0.39, 0.29) is 5.91 Å². The molecule has 1 aromatic carbocycles. The summed E-state index contributed by atoms with van der Waals surface area (Å²) < 4.78 is 0. The average molecular weight is 370 g/mol. The van der Waals surface area contributed by atoms with Crippen LogP contribution in [0.2, 0.25) is 0 Å². The Morgan fingerprint density at radius 1 is 1.12 bits per heavy atom. The molecule has 2 aromatic rings. The molecule has 0 saturated carbocycles. The lowest BCUT2D eigenvalue weighted by Crippen LogP contribution is -2.31. The Bertz CT molecular complexity index is 694. The van der Waals surface area contributed by atoms with Crippen molar-refractivity contribution in [2.75, 3.05) is 25.4 Å². The van der Waals surface area contributed by atoms with Crippen molar-refractivity contribution in [3.05, 3.63) is 59.3 Å². The molecule has 5 heteroatoms. The number of aryl methyl sites for hydroxylation is 1. The zero-order valence-corrected chi connectivity index (χ0v) is 16.2. The van der Waals surface area contributed by atoms with Gasteiger partial charge in [0.1, 0.15) is 0 Å². The number of carbonyl (C=O) groups is 1. The van der Waals surface area contributed by atoms with Gasteiger partial charge >= 0.3 is 0 Å². The molecule has 0 bridgehead atoms. The number of hydrogen-bond donors (Lipinski definition) is 1. The van der Waals surface area contributed by atoms with Crippen LogP contribution in [-0.2, 0) is 6.54 Å². The van der Waals surface area contributed by atoms with Crippen molar-refractivity contribution in [2.24, 2.45) is 0 Å². The molecular weight excluding hydrogens is 342 g/mol. The van der Waals surface area contributed by atoms with Gasteiger partial charge in [0, 0.05) is 25.0 Å². The number of likely N-dealkylation sites (tertiary alicyclic amines) is 1. The fourth-order valence-electron chi connectivity index (χ4n) is 3.05. The van der Waals surface area contributed by atoms with Gasteiger partial charge in [0.05, 0.1) is 10.6 Å². The van der Waals surface area contributed by atoms with E-state index in [1.54, 1.807) is 18.0 Å². The van der Waals surface area contributed by atoms with Gasteiger partial charge in [-0.05, 0) is 50.6 Å². The van der Waals surface area contributed by atoms with E-state index in [0.717, 1.165) is 22.9 Å². The molecule has 0 atom stereocenters. The molecule has 0 aliphatic carbocycles. The number of rotatable bonds is 7. The Morgan fingerprint density at radius 2 is 1.88 bits per heavy atom. The van der Waals surface area contributed by atoms with Crippen LogP contribution >= 0.6 is 11.8 Å². The Hall–Kier alpha value is -1.85. The molecule has 3 rings (SSSR count). The van der Waals surface area contributed by atoms with E-state index < -0.39 is 0 Å². The third-order valence-electron chi connectivity index (χ3n) is 4.68. The van der Waals surface area contributed by atoms with Crippen LogP contribution in [0.25, 0.3) is 0 Å². The monoisotopic (exact) mass is 369 g/mol. The van der Waals surface area contributed by atoms with Crippen molar-refractivity contribution in [2.45, 2.75) is 37.8 Å². The predicted octanol–water partition coefficient (Wildman–Crippen LogP) is 3.90. The van der Waals surface area contributed by atoms with Crippen LogP contribution < -0.4 is 5.32 Å². The first-order valence-corrected chi connectivity index (χ1v) is 10.3. The van der Waals surface area contributed by atoms with Crippen LogP contribution in [0.4, 0.5) is 0 Å². The number of nitrogens with zero attached hydrogens (tertiary/aromatic N) is 2. The van der Waals surface area contributed by atoms with Crippen molar-refractivity contribution < 1.29 is 4.79 Å². The van der Waals surface area contributed by atoms with E-state index in [0.29, 0.717) is 12.1 Å². The summed E-state index contributed by atoms with van der Waals surface area (Å²) in [6.45, 7) is 6.17. The normalized spacial score (nSPS) is 15.0. The minimum atomic E-state index is -0.0806. The highest BCUT2D eigenvalue weighted by Gasteiger charge is 2.10. The van der Waals surface area contributed by atoms with Crippen molar-refractivity contribution in [1.82, 2.24) is 15.2 Å². The maximum atomic E-state index is 12.3. The van der Waals surface area contributed by atoms with Gasteiger partial charge in [0.25, 0.3) is 5.91 Å². The van der Waals surface area contributed by atoms with Crippen molar-refractivity contribution >= 4 is 17.7 Å². The standard InChI is InChI=1S/C21H27N3OS/c1-17-5-7-18(8-6-17)15-23-21(25)19-9-10-20(22-16-19)26-14-13-24-11-3-2-4-12-24/h5-10,16H,2-4,11-15H2,1H3,(H,23,25). The molecule has 2 heterocycles. The Balaban J connectivity index is 1.42. The second kappa shape index (κ2) is 9.74. The number of benzene rings is 1. The first-order chi connectivity index (χ1) is 12.7. The fourth-order valence-corrected chi connectivity index (χ4v) is 3.90. The van der Waals surface area contributed by atoms with Gasteiger partial charge < -0.3 is 10.2 Å². The van der Waals surface area contributed by atoms with Crippen LogP contribution in [0, 0.1) is 6.92 Å². The minimum absolute atomic E-state index is 0.0806. The molecule has 26 heavy (non-hydrogen) atoms. The van der Waals surface area contributed by atoms with Gasteiger partial charge in [-0.3, -0.25) is 4.79 Å².